The smallest absolute Gasteiger partial charge is 0.223 e. The number of rotatable bonds is 4. The van der Waals surface area contributed by atoms with E-state index in [2.05, 4.69) is 16.3 Å². The Morgan fingerprint density at radius 2 is 1.96 bits per heavy atom. The second-order valence-corrected chi connectivity index (χ2v) is 6.98. The van der Waals surface area contributed by atoms with E-state index in [0.29, 0.717) is 17.9 Å². The molecule has 23 heavy (non-hydrogen) atoms. The lowest BCUT2D eigenvalue weighted by atomic mass is 9.93. The molecule has 5 heteroatoms. The maximum atomic E-state index is 12.7. The molecule has 1 aromatic carbocycles. The molecule has 2 heterocycles. The van der Waals surface area contributed by atoms with Crippen LogP contribution in [0.1, 0.15) is 37.7 Å². The van der Waals surface area contributed by atoms with Crippen molar-refractivity contribution in [2.75, 3.05) is 19.6 Å². The number of likely N-dealkylation sites (tertiary alicyclic amines) is 1. The molecule has 2 aliphatic heterocycles. The normalized spacial score (nSPS) is 22.0. The Hall–Kier alpha value is -0.770. The van der Waals surface area contributed by atoms with E-state index in [4.69, 9.17) is 11.6 Å². The van der Waals surface area contributed by atoms with Gasteiger partial charge in [0.25, 0.3) is 0 Å². The Morgan fingerprint density at radius 1 is 1.22 bits per heavy atom. The fourth-order valence-corrected chi connectivity index (χ4v) is 3.96. The number of piperidine rings is 1. The number of carbonyl (C=O) groups excluding carboxylic acids is 1. The lowest BCUT2D eigenvalue weighted by molar-refractivity contribution is -0.133. The molecule has 1 unspecified atom stereocenters. The molecule has 2 fully saturated rings. The third kappa shape index (κ3) is 4.85. The number of nitrogens with zero attached hydrogens (tertiary/aromatic N) is 1. The summed E-state index contributed by atoms with van der Waals surface area (Å²) in [6.45, 7) is 3.03. The first-order chi connectivity index (χ1) is 10.7. The van der Waals surface area contributed by atoms with E-state index in [1.807, 2.05) is 18.2 Å². The molecule has 3 rings (SSSR count). The van der Waals surface area contributed by atoms with E-state index in [1.165, 1.54) is 0 Å². The molecule has 0 radical (unpaired) electrons. The van der Waals surface area contributed by atoms with Gasteiger partial charge < -0.3 is 10.2 Å². The predicted molar refractivity (Wildman–Crippen MR) is 97.3 cm³/mol. The molecular formula is C18H26Cl2N2O. The lowest BCUT2D eigenvalue weighted by Crippen LogP contribution is -2.39. The van der Waals surface area contributed by atoms with Crippen LogP contribution in [0.2, 0.25) is 5.02 Å². The van der Waals surface area contributed by atoms with E-state index in [0.717, 1.165) is 68.7 Å². The van der Waals surface area contributed by atoms with Crippen molar-refractivity contribution in [2.24, 2.45) is 5.92 Å². The zero-order chi connectivity index (χ0) is 15.4. The van der Waals surface area contributed by atoms with Crippen LogP contribution in [0, 0.1) is 5.92 Å². The van der Waals surface area contributed by atoms with Gasteiger partial charge in [-0.2, -0.15) is 0 Å². The number of nitrogens with one attached hydrogen (secondary N) is 1. The van der Waals surface area contributed by atoms with Gasteiger partial charge in [0.05, 0.1) is 0 Å². The topological polar surface area (TPSA) is 32.3 Å². The fraction of sp³-hybridized carbons (Fsp3) is 0.611. The van der Waals surface area contributed by atoms with E-state index in [-0.39, 0.29) is 12.4 Å². The maximum absolute atomic E-state index is 12.7. The van der Waals surface area contributed by atoms with Crippen LogP contribution in [0.15, 0.2) is 24.3 Å². The number of hydrogen-bond donors (Lipinski definition) is 1. The molecule has 1 N–H and O–H groups in total. The first-order valence-electron chi connectivity index (χ1n) is 8.47. The van der Waals surface area contributed by atoms with Crippen LogP contribution in [-0.4, -0.2) is 36.5 Å². The van der Waals surface area contributed by atoms with Gasteiger partial charge in [-0.1, -0.05) is 29.8 Å². The van der Waals surface area contributed by atoms with Gasteiger partial charge in [0, 0.05) is 24.0 Å². The Morgan fingerprint density at radius 3 is 2.70 bits per heavy atom. The molecule has 1 amide bonds. The zero-order valence-corrected chi connectivity index (χ0v) is 15.0. The number of amides is 1. The van der Waals surface area contributed by atoms with Gasteiger partial charge in [-0.05, 0) is 62.7 Å². The molecule has 128 valence electrons. The van der Waals surface area contributed by atoms with Crippen LogP contribution in [0.25, 0.3) is 0 Å². The molecule has 0 spiro atoms. The van der Waals surface area contributed by atoms with Crippen LogP contribution in [0.4, 0.5) is 0 Å². The minimum absolute atomic E-state index is 0. The lowest BCUT2D eigenvalue weighted by Gasteiger charge is -2.28. The summed E-state index contributed by atoms with van der Waals surface area (Å²) in [5.74, 6) is 0.914. The van der Waals surface area contributed by atoms with Gasteiger partial charge in [0.2, 0.25) is 5.91 Å². The van der Waals surface area contributed by atoms with Crippen molar-refractivity contribution in [1.29, 1.82) is 0 Å². The monoisotopic (exact) mass is 356 g/mol. The summed E-state index contributed by atoms with van der Waals surface area (Å²) >= 11 is 6.28. The Balaban J connectivity index is 0.00000192. The third-order valence-corrected chi connectivity index (χ3v) is 5.40. The molecule has 1 atom stereocenters. The molecule has 0 saturated carbocycles. The van der Waals surface area contributed by atoms with Gasteiger partial charge in [-0.15, -0.1) is 12.4 Å². The summed E-state index contributed by atoms with van der Waals surface area (Å²) in [5, 5.41) is 4.19. The third-order valence-electron chi connectivity index (χ3n) is 5.03. The molecule has 0 bridgehead atoms. The first kappa shape index (κ1) is 18.6. The van der Waals surface area contributed by atoms with Gasteiger partial charge in [-0.25, -0.2) is 0 Å². The number of carbonyl (C=O) groups is 1. The second-order valence-electron chi connectivity index (χ2n) is 6.58. The Kier molecular flexibility index (Phi) is 7.19. The predicted octanol–water partition coefficient (Wildman–Crippen LogP) is 3.69. The minimum atomic E-state index is 0. The number of hydrogen-bond acceptors (Lipinski definition) is 2. The average molecular weight is 357 g/mol. The van der Waals surface area contributed by atoms with Crippen LogP contribution < -0.4 is 5.32 Å². The highest BCUT2D eigenvalue weighted by molar-refractivity contribution is 6.31. The van der Waals surface area contributed by atoms with Gasteiger partial charge >= 0.3 is 0 Å². The number of halogens is 2. The van der Waals surface area contributed by atoms with Crippen molar-refractivity contribution in [3.8, 4) is 0 Å². The van der Waals surface area contributed by atoms with Crippen LogP contribution >= 0.6 is 24.0 Å². The summed E-state index contributed by atoms with van der Waals surface area (Å²) in [7, 11) is 0. The van der Waals surface area contributed by atoms with E-state index in [9.17, 15) is 4.79 Å². The van der Waals surface area contributed by atoms with Crippen molar-refractivity contribution in [2.45, 2.75) is 44.6 Å². The van der Waals surface area contributed by atoms with Crippen molar-refractivity contribution >= 4 is 29.9 Å². The largest absolute Gasteiger partial charge is 0.339 e. The Bertz CT molecular complexity index is 517. The van der Waals surface area contributed by atoms with E-state index < -0.39 is 0 Å². The molecule has 3 nitrogen and oxygen atoms in total. The quantitative estimate of drug-likeness (QED) is 0.892. The molecule has 0 aromatic heterocycles. The standard InChI is InChI=1S/C18H25ClN2O.ClH/c19-17-6-2-1-4-15(17)13-16-5-3-11-21(16)18(22)12-14-7-9-20-10-8-14;/h1-2,4,6,14,16,20H,3,5,7-13H2;1H. The SMILES string of the molecule is Cl.O=C(CC1CCNCC1)N1CCCC1Cc1ccccc1Cl. The summed E-state index contributed by atoms with van der Waals surface area (Å²) in [5.41, 5.74) is 1.16. The van der Waals surface area contributed by atoms with Crippen molar-refractivity contribution in [3.63, 3.8) is 0 Å². The molecule has 1 aromatic rings. The minimum Gasteiger partial charge on any atom is -0.339 e. The van der Waals surface area contributed by atoms with Crippen LogP contribution in [0.5, 0.6) is 0 Å². The molecule has 2 aliphatic rings. The first-order valence-corrected chi connectivity index (χ1v) is 8.85. The highest BCUT2D eigenvalue weighted by Crippen LogP contribution is 2.27. The maximum Gasteiger partial charge on any atom is 0.223 e. The number of benzene rings is 1. The summed E-state index contributed by atoms with van der Waals surface area (Å²) < 4.78 is 0. The van der Waals surface area contributed by atoms with E-state index in [1.54, 1.807) is 0 Å². The summed E-state index contributed by atoms with van der Waals surface area (Å²) in [4.78, 5) is 14.8. The molecule has 0 aliphatic carbocycles. The van der Waals surface area contributed by atoms with Crippen molar-refractivity contribution in [3.05, 3.63) is 34.9 Å². The van der Waals surface area contributed by atoms with Crippen molar-refractivity contribution in [1.82, 2.24) is 10.2 Å². The van der Waals surface area contributed by atoms with Gasteiger partial charge in [0.15, 0.2) is 0 Å². The summed E-state index contributed by atoms with van der Waals surface area (Å²) in [6, 6.07) is 8.33. The molecule has 2 saturated heterocycles. The Labute approximate surface area is 150 Å². The van der Waals surface area contributed by atoms with Crippen LogP contribution in [-0.2, 0) is 11.2 Å². The van der Waals surface area contributed by atoms with Gasteiger partial charge in [0.1, 0.15) is 0 Å². The highest BCUT2D eigenvalue weighted by atomic mass is 35.5. The highest BCUT2D eigenvalue weighted by Gasteiger charge is 2.30. The average Bonchev–Trinajstić information content (AvgIpc) is 2.99. The molecular weight excluding hydrogens is 331 g/mol. The summed E-state index contributed by atoms with van der Waals surface area (Å²) in [6.07, 6.45) is 6.10. The fourth-order valence-electron chi connectivity index (χ4n) is 3.74. The second kappa shape index (κ2) is 8.91. The van der Waals surface area contributed by atoms with Gasteiger partial charge in [-0.3, -0.25) is 4.79 Å². The zero-order valence-electron chi connectivity index (χ0n) is 13.5. The van der Waals surface area contributed by atoms with Crippen molar-refractivity contribution < 1.29 is 4.79 Å². The van der Waals surface area contributed by atoms with Crippen LogP contribution in [0.3, 0.4) is 0 Å². The van der Waals surface area contributed by atoms with E-state index >= 15 is 0 Å².